The minimum atomic E-state index is 0.374. The quantitative estimate of drug-likeness (QED) is 0.696. The lowest BCUT2D eigenvalue weighted by atomic mass is 9.83. The van der Waals surface area contributed by atoms with Crippen molar-refractivity contribution in [1.29, 1.82) is 0 Å². The molecule has 2 unspecified atom stereocenters. The van der Waals surface area contributed by atoms with Gasteiger partial charge in [-0.05, 0) is 49.5 Å². The molecule has 0 aromatic heterocycles. The molecule has 1 heterocycles. The molecule has 14 heavy (non-hydrogen) atoms. The number of rotatable bonds is 5. The number of thioether (sulfide) groups is 1. The van der Waals surface area contributed by atoms with E-state index in [9.17, 15) is 4.79 Å². The lowest BCUT2D eigenvalue weighted by Crippen LogP contribution is -2.22. The fourth-order valence-corrected chi connectivity index (χ4v) is 3.66. The van der Waals surface area contributed by atoms with Crippen molar-refractivity contribution in [2.75, 3.05) is 11.5 Å². The van der Waals surface area contributed by atoms with Crippen LogP contribution in [-0.2, 0) is 4.79 Å². The standard InChI is InChI=1S/C12H22OS/c1-3-5-11(8-10(2)13)12-6-4-7-14-9-12/h11-12H,3-9H2,1-2H3. The first-order valence-electron chi connectivity index (χ1n) is 5.81. The van der Waals surface area contributed by atoms with Gasteiger partial charge in [-0.3, -0.25) is 0 Å². The summed E-state index contributed by atoms with van der Waals surface area (Å²) in [6.45, 7) is 3.96. The van der Waals surface area contributed by atoms with Gasteiger partial charge in [0.05, 0.1) is 0 Å². The van der Waals surface area contributed by atoms with Gasteiger partial charge in [-0.2, -0.15) is 11.8 Å². The molecule has 0 aromatic carbocycles. The van der Waals surface area contributed by atoms with E-state index in [0.29, 0.717) is 11.7 Å². The van der Waals surface area contributed by atoms with E-state index in [2.05, 4.69) is 18.7 Å². The Kier molecular flexibility index (Phi) is 5.61. The van der Waals surface area contributed by atoms with Crippen LogP contribution in [-0.4, -0.2) is 17.3 Å². The predicted octanol–water partition coefficient (Wildman–Crippen LogP) is 3.53. The first kappa shape index (κ1) is 12.1. The van der Waals surface area contributed by atoms with Gasteiger partial charge in [0.2, 0.25) is 0 Å². The molecule has 0 radical (unpaired) electrons. The highest BCUT2D eigenvalue weighted by molar-refractivity contribution is 7.99. The summed E-state index contributed by atoms with van der Waals surface area (Å²) in [4.78, 5) is 11.2. The summed E-state index contributed by atoms with van der Waals surface area (Å²) in [6.07, 6.45) is 5.99. The van der Waals surface area contributed by atoms with Crippen LogP contribution in [0.5, 0.6) is 0 Å². The van der Waals surface area contributed by atoms with Gasteiger partial charge in [0, 0.05) is 6.42 Å². The zero-order chi connectivity index (χ0) is 10.4. The van der Waals surface area contributed by atoms with Crippen molar-refractivity contribution in [2.45, 2.75) is 46.0 Å². The van der Waals surface area contributed by atoms with Gasteiger partial charge >= 0.3 is 0 Å². The Labute approximate surface area is 92.0 Å². The van der Waals surface area contributed by atoms with E-state index < -0.39 is 0 Å². The molecule has 2 heteroatoms. The van der Waals surface area contributed by atoms with Crippen molar-refractivity contribution < 1.29 is 4.79 Å². The normalized spacial score (nSPS) is 24.6. The maximum absolute atomic E-state index is 11.2. The Morgan fingerprint density at radius 1 is 1.57 bits per heavy atom. The summed E-state index contributed by atoms with van der Waals surface area (Å²) >= 11 is 2.07. The molecule has 0 amide bonds. The summed E-state index contributed by atoms with van der Waals surface area (Å²) in [5, 5.41) is 0. The fraction of sp³-hybridized carbons (Fsp3) is 0.917. The largest absolute Gasteiger partial charge is 0.300 e. The maximum Gasteiger partial charge on any atom is 0.130 e. The van der Waals surface area contributed by atoms with Gasteiger partial charge in [0.15, 0.2) is 0 Å². The van der Waals surface area contributed by atoms with Crippen molar-refractivity contribution in [2.24, 2.45) is 11.8 Å². The molecule has 0 saturated carbocycles. The topological polar surface area (TPSA) is 17.1 Å². The van der Waals surface area contributed by atoms with Gasteiger partial charge in [0.25, 0.3) is 0 Å². The van der Waals surface area contributed by atoms with E-state index in [-0.39, 0.29) is 0 Å². The van der Waals surface area contributed by atoms with Crippen molar-refractivity contribution in [3.8, 4) is 0 Å². The summed E-state index contributed by atoms with van der Waals surface area (Å²) in [6, 6.07) is 0. The zero-order valence-electron chi connectivity index (χ0n) is 9.42. The van der Waals surface area contributed by atoms with Crippen LogP contribution in [0.1, 0.15) is 46.0 Å². The van der Waals surface area contributed by atoms with E-state index in [1.54, 1.807) is 6.92 Å². The molecule has 2 atom stereocenters. The molecule has 1 nitrogen and oxygen atoms in total. The lowest BCUT2D eigenvalue weighted by Gasteiger charge is -2.29. The Morgan fingerprint density at radius 3 is 2.86 bits per heavy atom. The molecule has 0 aromatic rings. The summed E-state index contributed by atoms with van der Waals surface area (Å²) in [5.41, 5.74) is 0. The van der Waals surface area contributed by atoms with Gasteiger partial charge in [-0.15, -0.1) is 0 Å². The summed E-state index contributed by atoms with van der Waals surface area (Å²) in [7, 11) is 0. The number of carbonyl (C=O) groups excluding carboxylic acids is 1. The summed E-state index contributed by atoms with van der Waals surface area (Å²) in [5.74, 6) is 4.48. The Hall–Kier alpha value is 0.0200. The predicted molar refractivity (Wildman–Crippen MR) is 63.7 cm³/mol. The number of carbonyl (C=O) groups is 1. The van der Waals surface area contributed by atoms with Crippen molar-refractivity contribution in [3.63, 3.8) is 0 Å². The lowest BCUT2D eigenvalue weighted by molar-refractivity contribution is -0.118. The van der Waals surface area contributed by atoms with Crippen molar-refractivity contribution in [3.05, 3.63) is 0 Å². The average Bonchev–Trinajstić information content (AvgIpc) is 2.18. The molecule has 0 aliphatic carbocycles. The van der Waals surface area contributed by atoms with Crippen LogP contribution < -0.4 is 0 Å². The highest BCUT2D eigenvalue weighted by Crippen LogP contribution is 2.33. The molecule has 0 spiro atoms. The van der Waals surface area contributed by atoms with Crippen LogP contribution in [0, 0.1) is 11.8 Å². The molecule has 82 valence electrons. The number of hydrogen-bond acceptors (Lipinski definition) is 2. The van der Waals surface area contributed by atoms with Crippen LogP contribution in [0.4, 0.5) is 0 Å². The van der Waals surface area contributed by atoms with E-state index >= 15 is 0 Å². The van der Waals surface area contributed by atoms with E-state index in [1.165, 1.54) is 37.2 Å². The molecule has 1 aliphatic heterocycles. The van der Waals surface area contributed by atoms with E-state index in [4.69, 9.17) is 0 Å². The zero-order valence-corrected chi connectivity index (χ0v) is 10.2. The second-order valence-corrected chi connectivity index (χ2v) is 5.58. The Balaban J connectivity index is 2.42. The molecule has 0 bridgehead atoms. The molecular formula is C12H22OS. The second-order valence-electron chi connectivity index (χ2n) is 4.43. The third kappa shape index (κ3) is 4.04. The molecule has 1 saturated heterocycles. The first-order chi connectivity index (χ1) is 6.74. The molecule has 1 fully saturated rings. The highest BCUT2D eigenvalue weighted by Gasteiger charge is 2.24. The third-order valence-corrected chi connectivity index (χ3v) is 4.31. The molecule has 1 rings (SSSR count). The molecule has 0 N–H and O–H groups in total. The monoisotopic (exact) mass is 214 g/mol. The van der Waals surface area contributed by atoms with Crippen LogP contribution in [0.2, 0.25) is 0 Å². The maximum atomic E-state index is 11.2. The second kappa shape index (κ2) is 6.49. The number of Topliss-reactive ketones (excluding diaryl/α,β-unsaturated/α-hetero) is 1. The minimum absolute atomic E-state index is 0.374. The SMILES string of the molecule is CCCC(CC(C)=O)C1CCCSC1. The Bertz CT molecular complexity index is 173. The smallest absolute Gasteiger partial charge is 0.130 e. The van der Waals surface area contributed by atoms with Crippen LogP contribution in [0.3, 0.4) is 0 Å². The number of hydrogen-bond donors (Lipinski definition) is 0. The highest BCUT2D eigenvalue weighted by atomic mass is 32.2. The van der Waals surface area contributed by atoms with Gasteiger partial charge < -0.3 is 4.79 Å². The van der Waals surface area contributed by atoms with Gasteiger partial charge in [-0.1, -0.05) is 13.3 Å². The fourth-order valence-electron chi connectivity index (χ4n) is 2.38. The average molecular weight is 214 g/mol. The molecular weight excluding hydrogens is 192 g/mol. The minimum Gasteiger partial charge on any atom is -0.300 e. The number of ketones is 1. The summed E-state index contributed by atoms with van der Waals surface area (Å²) < 4.78 is 0. The van der Waals surface area contributed by atoms with Gasteiger partial charge in [0.1, 0.15) is 5.78 Å². The van der Waals surface area contributed by atoms with Gasteiger partial charge in [-0.25, -0.2) is 0 Å². The van der Waals surface area contributed by atoms with E-state index in [0.717, 1.165) is 12.3 Å². The third-order valence-electron chi connectivity index (χ3n) is 3.07. The van der Waals surface area contributed by atoms with E-state index in [1.807, 2.05) is 0 Å². The van der Waals surface area contributed by atoms with Crippen LogP contribution in [0.15, 0.2) is 0 Å². The van der Waals surface area contributed by atoms with Crippen molar-refractivity contribution >= 4 is 17.5 Å². The Morgan fingerprint density at radius 2 is 2.36 bits per heavy atom. The molecule has 1 aliphatic rings. The van der Waals surface area contributed by atoms with Crippen molar-refractivity contribution in [1.82, 2.24) is 0 Å². The van der Waals surface area contributed by atoms with Crippen LogP contribution in [0.25, 0.3) is 0 Å². The van der Waals surface area contributed by atoms with Crippen LogP contribution >= 0.6 is 11.8 Å². The first-order valence-corrected chi connectivity index (χ1v) is 6.96.